The summed E-state index contributed by atoms with van der Waals surface area (Å²) in [7, 11) is 0. The molecule has 3 heterocycles. The number of nitrogens with zero attached hydrogens (tertiary/aromatic N) is 2. The van der Waals surface area contributed by atoms with E-state index in [0.717, 1.165) is 11.0 Å². The van der Waals surface area contributed by atoms with Crippen LogP contribution < -0.4 is 0 Å². The van der Waals surface area contributed by atoms with Gasteiger partial charge in [-0.25, -0.2) is 0 Å². The number of nitrogens with one attached hydrogen (secondary N) is 1. The van der Waals surface area contributed by atoms with Crippen LogP contribution in [0.3, 0.4) is 0 Å². The predicted octanol–water partition coefficient (Wildman–Crippen LogP) is 10.0. The molecular formula is C38H25N3. The van der Waals surface area contributed by atoms with Gasteiger partial charge >= 0.3 is 0 Å². The molecule has 0 radical (unpaired) electrons. The van der Waals surface area contributed by atoms with E-state index >= 15 is 0 Å². The molecule has 3 heteroatoms. The van der Waals surface area contributed by atoms with Gasteiger partial charge in [0.1, 0.15) is 0 Å². The van der Waals surface area contributed by atoms with Crippen LogP contribution in [0.1, 0.15) is 0 Å². The molecule has 3 nitrogen and oxygen atoms in total. The number of para-hydroxylation sites is 2. The van der Waals surface area contributed by atoms with Gasteiger partial charge in [0.05, 0.1) is 22.2 Å². The largest absolute Gasteiger partial charge is 0.354 e. The second kappa shape index (κ2) is 8.48. The molecule has 0 atom stereocenters. The molecule has 1 N–H and O–H groups in total. The second-order valence-electron chi connectivity index (χ2n) is 10.7. The average molecular weight is 524 g/mol. The van der Waals surface area contributed by atoms with Crippen molar-refractivity contribution < 1.29 is 0 Å². The molecule has 9 rings (SSSR count). The van der Waals surface area contributed by atoms with Crippen LogP contribution in [-0.2, 0) is 0 Å². The minimum Gasteiger partial charge on any atom is -0.354 e. The first-order valence-corrected chi connectivity index (χ1v) is 14.0. The maximum Gasteiger partial charge on any atom is 0.0635 e. The van der Waals surface area contributed by atoms with E-state index in [2.05, 4.69) is 160 Å². The van der Waals surface area contributed by atoms with Gasteiger partial charge < -0.3 is 14.1 Å². The van der Waals surface area contributed by atoms with E-state index < -0.39 is 0 Å². The van der Waals surface area contributed by atoms with E-state index in [-0.39, 0.29) is 0 Å². The van der Waals surface area contributed by atoms with Crippen LogP contribution >= 0.6 is 0 Å². The second-order valence-corrected chi connectivity index (χ2v) is 10.7. The Morgan fingerprint density at radius 2 is 1.27 bits per heavy atom. The highest BCUT2D eigenvalue weighted by atomic mass is 15.0. The molecule has 0 aliphatic rings. The first-order valence-electron chi connectivity index (χ1n) is 14.0. The van der Waals surface area contributed by atoms with E-state index in [0.29, 0.717) is 0 Å². The van der Waals surface area contributed by atoms with Crippen LogP contribution in [0.2, 0.25) is 0 Å². The third-order valence-electron chi connectivity index (χ3n) is 8.48. The van der Waals surface area contributed by atoms with Crippen molar-refractivity contribution in [2.45, 2.75) is 0 Å². The Balaban J connectivity index is 1.34. The summed E-state index contributed by atoms with van der Waals surface area (Å²) in [6, 6.07) is 50.2. The molecule has 9 aromatic rings. The maximum atomic E-state index is 3.67. The number of benzene rings is 6. The zero-order valence-electron chi connectivity index (χ0n) is 22.3. The summed E-state index contributed by atoms with van der Waals surface area (Å²) in [6.07, 6.45) is 2.23. The van der Waals surface area contributed by atoms with Crippen molar-refractivity contribution in [1.82, 2.24) is 14.1 Å². The van der Waals surface area contributed by atoms with Gasteiger partial charge in [-0.3, -0.25) is 0 Å². The van der Waals surface area contributed by atoms with Crippen molar-refractivity contribution in [3.8, 4) is 22.5 Å². The molecule has 0 saturated heterocycles. The molecule has 0 fully saturated rings. The van der Waals surface area contributed by atoms with Gasteiger partial charge in [0, 0.05) is 49.8 Å². The van der Waals surface area contributed by atoms with E-state index in [1.165, 1.54) is 66.0 Å². The average Bonchev–Trinajstić information content (AvgIpc) is 3.73. The number of hydrogen-bond donors (Lipinski definition) is 1. The van der Waals surface area contributed by atoms with E-state index in [1.807, 2.05) is 0 Å². The standard InChI is InChI=1S/C38H25N3/c1-3-10-25(11-4-1)26-18-20-32-31(24-26)37-33(39-32)15-9-17-36(37)40-23-22-30-34(40)21-19-29-28-14-7-8-16-35(28)41(38(29)30)27-12-5-2-6-13-27/h1-24,39H. The van der Waals surface area contributed by atoms with Gasteiger partial charge in [-0.2, -0.15) is 0 Å². The first-order chi connectivity index (χ1) is 20.3. The lowest BCUT2D eigenvalue weighted by atomic mass is 10.0. The highest BCUT2D eigenvalue weighted by Gasteiger charge is 2.18. The van der Waals surface area contributed by atoms with Crippen LogP contribution in [0.5, 0.6) is 0 Å². The molecule has 41 heavy (non-hydrogen) atoms. The quantitative estimate of drug-likeness (QED) is 0.238. The number of H-pyrrole nitrogens is 1. The number of hydrogen-bond acceptors (Lipinski definition) is 0. The SMILES string of the molecule is c1ccc(-c2ccc3[nH]c4cccc(-n5ccc6c5ccc5c7ccccc7n(-c7ccccc7)c56)c4c3c2)cc1. The van der Waals surface area contributed by atoms with Crippen LogP contribution in [-0.4, -0.2) is 14.1 Å². The maximum absolute atomic E-state index is 3.67. The van der Waals surface area contributed by atoms with Crippen molar-refractivity contribution in [2.24, 2.45) is 0 Å². The third-order valence-corrected chi connectivity index (χ3v) is 8.48. The van der Waals surface area contributed by atoms with Crippen LogP contribution in [0.15, 0.2) is 146 Å². The number of aromatic nitrogens is 3. The summed E-state index contributed by atoms with van der Waals surface area (Å²) < 4.78 is 4.77. The summed E-state index contributed by atoms with van der Waals surface area (Å²) in [5.74, 6) is 0. The van der Waals surface area contributed by atoms with Crippen molar-refractivity contribution in [2.75, 3.05) is 0 Å². The molecule has 0 spiro atoms. The Kier molecular flexibility index (Phi) is 4.61. The molecule has 0 unspecified atom stereocenters. The van der Waals surface area contributed by atoms with Gasteiger partial charge in [0.2, 0.25) is 0 Å². The Labute approximate surface area is 236 Å². The molecular weight excluding hydrogens is 498 g/mol. The minimum absolute atomic E-state index is 1.14. The summed E-state index contributed by atoms with van der Waals surface area (Å²) in [6.45, 7) is 0. The Bertz CT molecular complexity index is 2400. The summed E-state index contributed by atoms with van der Waals surface area (Å²) >= 11 is 0. The van der Waals surface area contributed by atoms with Crippen molar-refractivity contribution in [1.29, 1.82) is 0 Å². The number of fused-ring (bicyclic) bond motifs is 8. The normalized spacial score (nSPS) is 11.9. The Morgan fingerprint density at radius 1 is 0.463 bits per heavy atom. The summed E-state index contributed by atoms with van der Waals surface area (Å²) in [5, 5.41) is 6.25. The van der Waals surface area contributed by atoms with Crippen LogP contribution in [0.4, 0.5) is 0 Å². The molecule has 0 aliphatic carbocycles. The molecule has 0 saturated carbocycles. The van der Waals surface area contributed by atoms with Gasteiger partial charge in [-0.05, 0) is 65.7 Å². The van der Waals surface area contributed by atoms with Gasteiger partial charge in [0.25, 0.3) is 0 Å². The summed E-state index contributed by atoms with van der Waals surface area (Å²) in [4.78, 5) is 3.67. The number of aromatic amines is 1. The molecule has 6 aromatic carbocycles. The fraction of sp³-hybridized carbons (Fsp3) is 0. The van der Waals surface area contributed by atoms with E-state index in [4.69, 9.17) is 0 Å². The van der Waals surface area contributed by atoms with Gasteiger partial charge in [-0.15, -0.1) is 0 Å². The predicted molar refractivity (Wildman–Crippen MR) is 172 cm³/mol. The first kappa shape index (κ1) is 22.3. The summed E-state index contributed by atoms with van der Waals surface area (Å²) in [5.41, 5.74) is 10.7. The lowest BCUT2D eigenvalue weighted by Gasteiger charge is -2.11. The van der Waals surface area contributed by atoms with Crippen LogP contribution in [0, 0.1) is 0 Å². The third kappa shape index (κ3) is 3.20. The Morgan fingerprint density at radius 3 is 2.15 bits per heavy atom. The fourth-order valence-corrected chi connectivity index (χ4v) is 6.67. The fourth-order valence-electron chi connectivity index (χ4n) is 6.67. The molecule has 0 bridgehead atoms. The lowest BCUT2D eigenvalue weighted by Crippen LogP contribution is -1.95. The molecule has 3 aromatic heterocycles. The van der Waals surface area contributed by atoms with Crippen LogP contribution in [0.25, 0.3) is 77.0 Å². The molecule has 0 amide bonds. The van der Waals surface area contributed by atoms with Gasteiger partial charge in [-0.1, -0.05) is 84.9 Å². The van der Waals surface area contributed by atoms with Crippen molar-refractivity contribution in [3.05, 3.63) is 146 Å². The minimum atomic E-state index is 1.14. The van der Waals surface area contributed by atoms with E-state index in [9.17, 15) is 0 Å². The monoisotopic (exact) mass is 523 g/mol. The Hall–Kier alpha value is -5.54. The zero-order chi connectivity index (χ0) is 26.9. The van der Waals surface area contributed by atoms with E-state index in [1.54, 1.807) is 0 Å². The smallest absolute Gasteiger partial charge is 0.0635 e. The van der Waals surface area contributed by atoms with Crippen molar-refractivity contribution in [3.63, 3.8) is 0 Å². The number of rotatable bonds is 3. The van der Waals surface area contributed by atoms with Gasteiger partial charge in [0.15, 0.2) is 0 Å². The topological polar surface area (TPSA) is 25.6 Å². The highest BCUT2D eigenvalue weighted by Crippen LogP contribution is 2.39. The van der Waals surface area contributed by atoms with Crippen molar-refractivity contribution >= 4 is 54.5 Å². The molecule has 0 aliphatic heterocycles. The highest BCUT2D eigenvalue weighted by molar-refractivity contribution is 6.19. The molecule has 192 valence electrons. The zero-order valence-corrected chi connectivity index (χ0v) is 22.3. The lowest BCUT2D eigenvalue weighted by molar-refractivity contribution is 1.14.